The molecule has 0 heteroatoms. The molecule has 20 aliphatic rings. The second kappa shape index (κ2) is 5.78. The quantitative estimate of drug-likeness (QED) is 0.255. The van der Waals surface area contributed by atoms with Crippen molar-refractivity contribution in [2.75, 3.05) is 0 Å². The minimum atomic E-state index is 0.481. The molecule has 0 N–H and O–H groups in total. The molecule has 12 bridgehead atoms. The lowest BCUT2D eigenvalue weighted by Crippen LogP contribution is -2.99. The zero-order chi connectivity index (χ0) is 35.0. The Hall–Kier alpha value is 0. The molecule has 0 nitrogen and oxygen atoms in total. The Morgan fingerprint density at radius 2 is 1.04 bits per heavy atom. The molecule has 0 radical (unpaired) electrons. The van der Waals surface area contributed by atoms with Crippen molar-refractivity contribution in [3.8, 4) is 0 Å². The fraction of sp³-hybridized carbons (Fsp3) is 1.00. The summed E-state index contributed by atoms with van der Waals surface area (Å²) in [6.45, 7) is 34.5. The van der Waals surface area contributed by atoms with Gasteiger partial charge >= 0.3 is 0 Å². The van der Waals surface area contributed by atoms with Crippen LogP contribution in [0.3, 0.4) is 0 Å². The topological polar surface area (TPSA) is 0 Å². The second-order valence-electron chi connectivity index (χ2n) is 29.9. The summed E-state index contributed by atoms with van der Waals surface area (Å²) in [6, 6.07) is 0. The van der Waals surface area contributed by atoms with Crippen LogP contribution in [-0.4, -0.2) is 0 Å². The third-order valence-electron chi connectivity index (χ3n) is 35.3. The minimum absolute atomic E-state index is 0.481. The molecule has 0 aromatic rings. The third kappa shape index (κ3) is 1.33. The van der Waals surface area contributed by atoms with Gasteiger partial charge in [-0.05, 0) is 245 Å². The minimum Gasteiger partial charge on any atom is -0.0648 e. The zero-order valence-electron chi connectivity index (χ0n) is 35.0. The van der Waals surface area contributed by atoms with Gasteiger partial charge in [-0.15, -0.1) is 0 Å². The first-order valence-electron chi connectivity index (χ1n) is 25.0. The molecule has 20 fully saturated rings. The maximum absolute atomic E-state index is 3.36. The van der Waals surface area contributed by atoms with Crippen LogP contribution in [0.5, 0.6) is 0 Å². The highest BCUT2D eigenvalue weighted by atomic mass is 15.2. The van der Waals surface area contributed by atoms with Gasteiger partial charge in [0.2, 0.25) is 0 Å². The number of fused-ring (bicyclic) bond motifs is 8. The Morgan fingerprint density at radius 1 is 0.415 bits per heavy atom. The largest absolute Gasteiger partial charge is 0.0648 e. The van der Waals surface area contributed by atoms with Gasteiger partial charge in [-0.1, -0.05) is 76.2 Å². The number of hydrogen-bond donors (Lipinski definition) is 0. The van der Waals surface area contributed by atoms with Crippen molar-refractivity contribution in [2.45, 2.75) is 115 Å². The van der Waals surface area contributed by atoms with Crippen molar-refractivity contribution in [3.63, 3.8) is 0 Å². The van der Waals surface area contributed by atoms with E-state index < -0.39 is 0 Å². The smallest absolute Gasteiger partial charge is 0.0110 e. The lowest BCUT2D eigenvalue weighted by Gasteiger charge is -3.03. The molecule has 0 heterocycles. The van der Waals surface area contributed by atoms with E-state index in [4.69, 9.17) is 0 Å². The van der Waals surface area contributed by atoms with Gasteiger partial charge in [-0.25, -0.2) is 0 Å². The Bertz CT molecular complexity index is 2220. The maximum Gasteiger partial charge on any atom is -0.0110 e. The molecule has 0 aliphatic heterocycles. The second-order valence-corrected chi connectivity index (χ2v) is 29.9. The molecule has 0 saturated heterocycles. The van der Waals surface area contributed by atoms with Gasteiger partial charge in [0.1, 0.15) is 0 Å². The molecule has 20 rings (SSSR count). The third-order valence-corrected chi connectivity index (χ3v) is 35.3. The van der Waals surface area contributed by atoms with E-state index in [9.17, 15) is 0 Å². The van der Waals surface area contributed by atoms with E-state index in [1.54, 1.807) is 32.1 Å². The average Bonchev–Trinajstić information content (AvgIpc) is 3.61. The van der Waals surface area contributed by atoms with Crippen LogP contribution < -0.4 is 0 Å². The van der Waals surface area contributed by atoms with Crippen molar-refractivity contribution in [2.24, 2.45) is 207 Å². The van der Waals surface area contributed by atoms with Gasteiger partial charge < -0.3 is 0 Å². The first-order chi connectivity index (χ1) is 25.0. The van der Waals surface area contributed by atoms with Crippen LogP contribution in [0, 0.1) is 207 Å². The van der Waals surface area contributed by atoms with Crippen LogP contribution in [-0.2, 0) is 0 Å². The molecule has 36 unspecified atom stereocenters. The summed E-state index contributed by atoms with van der Waals surface area (Å²) in [6.07, 6.45) is 10.2. The SMILES string of the molecule is CCC12C3C4C5CC6C(CC7C8C9C%10C%11CC%12%13CC%11C%11C%14C%15C%10C%10C%16C9C8C7C7C8C3C1(C)C8(C)C(C)(C%16(C)C%10(C)C%15(C)C%14(C)C%11(C)C%12)C67%13)C5(C)C42C. The highest BCUT2D eigenvalue weighted by molar-refractivity contribution is 5.60. The lowest BCUT2D eigenvalue weighted by atomic mass is 9.01. The normalized spacial score (nSPS) is 97.1. The fourth-order valence-corrected chi connectivity index (χ4v) is 36.8. The summed E-state index contributed by atoms with van der Waals surface area (Å²) in [5.41, 5.74) is 7.50. The van der Waals surface area contributed by atoms with E-state index in [-0.39, 0.29) is 0 Å². The first-order valence-corrected chi connectivity index (χ1v) is 25.0. The summed E-state index contributed by atoms with van der Waals surface area (Å²) < 4.78 is 0. The highest BCUT2D eigenvalue weighted by Gasteiger charge is 3.13. The molecule has 280 valence electrons. The van der Waals surface area contributed by atoms with E-state index in [1.807, 2.05) is 0 Å². The molecule has 20 saturated carbocycles. The van der Waals surface area contributed by atoms with Gasteiger partial charge in [0.25, 0.3) is 0 Å². The highest BCUT2D eigenvalue weighted by Crippen LogP contribution is 3.17. The summed E-state index contributed by atoms with van der Waals surface area (Å²) in [5.74, 6) is 25.7. The fourth-order valence-electron chi connectivity index (χ4n) is 36.8. The van der Waals surface area contributed by atoms with Gasteiger partial charge in [-0.3, -0.25) is 0 Å². The van der Waals surface area contributed by atoms with E-state index in [2.05, 4.69) is 76.2 Å². The summed E-state index contributed by atoms with van der Waals surface area (Å²) in [4.78, 5) is 0. The lowest BCUT2D eigenvalue weighted by molar-refractivity contribution is -0.564. The van der Waals surface area contributed by atoms with Crippen LogP contribution in [0.4, 0.5) is 0 Å². The zero-order valence-corrected chi connectivity index (χ0v) is 35.0. The van der Waals surface area contributed by atoms with E-state index in [0.717, 1.165) is 118 Å². The van der Waals surface area contributed by atoms with Gasteiger partial charge in [0.15, 0.2) is 0 Å². The van der Waals surface area contributed by atoms with Crippen LogP contribution in [0.2, 0.25) is 0 Å². The van der Waals surface area contributed by atoms with Crippen molar-refractivity contribution >= 4 is 0 Å². The first kappa shape index (κ1) is 27.6. The summed E-state index contributed by atoms with van der Waals surface area (Å²) in [7, 11) is 0. The van der Waals surface area contributed by atoms with Crippen molar-refractivity contribution in [1.29, 1.82) is 0 Å². The van der Waals surface area contributed by atoms with E-state index in [0.29, 0.717) is 70.4 Å². The monoisotopic (exact) mass is 705 g/mol. The van der Waals surface area contributed by atoms with Crippen LogP contribution in [0.1, 0.15) is 115 Å². The number of rotatable bonds is 1. The molecule has 0 amide bonds. The predicted octanol–water partition coefficient (Wildman–Crippen LogP) is 10.8. The van der Waals surface area contributed by atoms with Gasteiger partial charge in [-0.2, -0.15) is 0 Å². The summed E-state index contributed by atoms with van der Waals surface area (Å²) >= 11 is 0. The molecule has 36 atom stereocenters. The molecular formula is C53H68. The average molecular weight is 705 g/mol. The Kier molecular flexibility index (Phi) is 3.01. The van der Waals surface area contributed by atoms with Crippen LogP contribution >= 0.6 is 0 Å². The van der Waals surface area contributed by atoms with Crippen molar-refractivity contribution in [1.82, 2.24) is 0 Å². The van der Waals surface area contributed by atoms with Crippen molar-refractivity contribution < 1.29 is 0 Å². The van der Waals surface area contributed by atoms with Crippen molar-refractivity contribution in [3.05, 3.63) is 0 Å². The van der Waals surface area contributed by atoms with E-state index in [1.165, 1.54) is 24.2 Å². The van der Waals surface area contributed by atoms with E-state index >= 15 is 0 Å². The maximum atomic E-state index is 3.36. The number of hydrogen-bond acceptors (Lipinski definition) is 0. The predicted molar refractivity (Wildman–Crippen MR) is 202 cm³/mol. The molecule has 0 aromatic carbocycles. The Morgan fingerprint density at radius 3 is 1.81 bits per heavy atom. The Balaban J connectivity index is 1.07. The molecule has 0 aromatic heterocycles. The van der Waals surface area contributed by atoms with Gasteiger partial charge in [0.05, 0.1) is 0 Å². The standard InChI is InChI=1S/C53H68/c1-12-52-40-32-23-14-22-21(42(23,3)44(32,52)5)13-18-24-27-25-19-15-51-16-20(19)31-37-35-30(25)34-33-29(27)28(24)26(18)36-38-39(40)49(52,10)48(38,9)50(11,53(22,36)51)47(33,8)46(34,7)45(35,6)43(37,4)41(31,2)17-51/h18-40H,12-17H2,1-11H3. The van der Waals surface area contributed by atoms with Gasteiger partial charge in [0, 0.05) is 0 Å². The molecule has 53 heavy (non-hydrogen) atoms. The van der Waals surface area contributed by atoms with Crippen LogP contribution in [0.15, 0.2) is 0 Å². The molecule has 2 spiro atoms. The molecule has 20 aliphatic carbocycles. The Labute approximate surface area is 320 Å². The molecular weight excluding hydrogens is 637 g/mol. The summed E-state index contributed by atoms with van der Waals surface area (Å²) in [5, 5.41) is 0. The van der Waals surface area contributed by atoms with Crippen LogP contribution in [0.25, 0.3) is 0 Å².